The number of piperidine rings is 1. The van der Waals surface area contributed by atoms with Gasteiger partial charge in [-0.3, -0.25) is 29.4 Å². The molecule has 3 aliphatic rings. The zero-order valence-electron chi connectivity index (χ0n) is 13.9. The number of fused-ring (bicyclic) bond motifs is 1. The molecule has 0 radical (unpaired) electrons. The zero-order valence-corrected chi connectivity index (χ0v) is 13.9. The van der Waals surface area contributed by atoms with Crippen molar-refractivity contribution in [2.24, 2.45) is 0 Å². The summed E-state index contributed by atoms with van der Waals surface area (Å²) < 4.78 is 0. The van der Waals surface area contributed by atoms with E-state index in [4.69, 9.17) is 0 Å². The monoisotopic (exact) mass is 355 g/mol. The van der Waals surface area contributed by atoms with Gasteiger partial charge in [0.2, 0.25) is 11.8 Å². The van der Waals surface area contributed by atoms with Crippen LogP contribution in [0.15, 0.2) is 18.2 Å². The van der Waals surface area contributed by atoms with Crippen LogP contribution in [0.1, 0.15) is 46.4 Å². The minimum Gasteiger partial charge on any atom is -0.362 e. The summed E-state index contributed by atoms with van der Waals surface area (Å²) in [6.45, 7) is 0.710. The first-order chi connectivity index (χ1) is 12.5. The van der Waals surface area contributed by atoms with Crippen molar-refractivity contribution < 1.29 is 24.0 Å². The van der Waals surface area contributed by atoms with Crippen molar-refractivity contribution in [2.75, 3.05) is 11.4 Å². The summed E-state index contributed by atoms with van der Waals surface area (Å²) >= 11 is 0. The first kappa shape index (κ1) is 16.4. The van der Waals surface area contributed by atoms with E-state index >= 15 is 0 Å². The number of carbonyl (C=O) groups excluding carboxylic acids is 5. The maximum Gasteiger partial charge on any atom is 0.262 e. The van der Waals surface area contributed by atoms with Crippen molar-refractivity contribution in [1.29, 1.82) is 0 Å². The number of aldehydes is 1. The van der Waals surface area contributed by atoms with Crippen LogP contribution in [-0.2, 0) is 14.4 Å². The van der Waals surface area contributed by atoms with Crippen LogP contribution < -0.4 is 10.2 Å². The van der Waals surface area contributed by atoms with Crippen LogP contribution in [-0.4, -0.2) is 53.4 Å². The number of amides is 4. The largest absolute Gasteiger partial charge is 0.362 e. The Bertz CT molecular complexity index is 849. The van der Waals surface area contributed by atoms with Crippen molar-refractivity contribution >= 4 is 35.6 Å². The molecule has 2 atom stereocenters. The molecule has 3 heterocycles. The average Bonchev–Trinajstić information content (AvgIpc) is 3.19. The average molecular weight is 355 g/mol. The van der Waals surface area contributed by atoms with Crippen LogP contribution >= 0.6 is 0 Å². The van der Waals surface area contributed by atoms with Crippen molar-refractivity contribution in [1.82, 2.24) is 10.2 Å². The summed E-state index contributed by atoms with van der Waals surface area (Å²) in [6.07, 6.45) is 2.75. The van der Waals surface area contributed by atoms with E-state index in [0.29, 0.717) is 12.2 Å². The molecule has 0 saturated carbocycles. The van der Waals surface area contributed by atoms with E-state index in [-0.39, 0.29) is 30.0 Å². The summed E-state index contributed by atoms with van der Waals surface area (Å²) in [4.78, 5) is 62.9. The van der Waals surface area contributed by atoms with Gasteiger partial charge >= 0.3 is 0 Å². The molecule has 0 aromatic heterocycles. The summed E-state index contributed by atoms with van der Waals surface area (Å²) in [5, 5.41) is 2.17. The number of hydrogen-bond acceptors (Lipinski definition) is 6. The van der Waals surface area contributed by atoms with Crippen molar-refractivity contribution in [3.63, 3.8) is 0 Å². The Labute approximate surface area is 149 Å². The smallest absolute Gasteiger partial charge is 0.262 e. The normalized spacial score (nSPS) is 25.5. The third-order valence-corrected chi connectivity index (χ3v) is 5.21. The SMILES string of the molecule is O=C[C@@H]1CCCN1c1ccc2c(c1)C(=O)N(C1CCC(=O)NC1=O)C2=O. The van der Waals surface area contributed by atoms with Gasteiger partial charge in [0.25, 0.3) is 11.8 Å². The number of imide groups is 2. The van der Waals surface area contributed by atoms with Gasteiger partial charge in [0.15, 0.2) is 0 Å². The maximum absolute atomic E-state index is 12.8. The number of hydrogen-bond donors (Lipinski definition) is 1. The van der Waals surface area contributed by atoms with E-state index in [1.165, 1.54) is 0 Å². The maximum atomic E-state index is 12.8. The molecule has 0 aliphatic carbocycles. The standard InChI is InChI=1S/C18H17N3O5/c22-9-11-2-1-7-20(11)10-3-4-12-13(8-10)18(26)21(17(12)25)14-5-6-15(23)19-16(14)24/h3-4,8-9,11,14H,1-2,5-7H2,(H,19,23,24)/t11-,14?/m0/s1. The second-order valence-electron chi connectivity index (χ2n) is 6.72. The lowest BCUT2D eigenvalue weighted by Crippen LogP contribution is -2.54. The molecule has 26 heavy (non-hydrogen) atoms. The number of rotatable bonds is 3. The number of carbonyl (C=O) groups is 5. The minimum atomic E-state index is -0.974. The molecule has 1 aromatic carbocycles. The Hall–Kier alpha value is -3.03. The molecule has 3 aliphatic heterocycles. The zero-order chi connectivity index (χ0) is 18.4. The van der Waals surface area contributed by atoms with Crippen LogP contribution in [0.4, 0.5) is 5.69 Å². The number of anilines is 1. The van der Waals surface area contributed by atoms with E-state index in [0.717, 1.165) is 24.0 Å². The van der Waals surface area contributed by atoms with Gasteiger partial charge in [0, 0.05) is 18.7 Å². The van der Waals surface area contributed by atoms with Gasteiger partial charge < -0.3 is 9.69 Å². The Morgan fingerprint density at radius 3 is 2.54 bits per heavy atom. The first-order valence-electron chi connectivity index (χ1n) is 8.59. The van der Waals surface area contributed by atoms with Crippen LogP contribution in [0.3, 0.4) is 0 Å². The van der Waals surface area contributed by atoms with Crippen molar-refractivity contribution in [3.05, 3.63) is 29.3 Å². The molecule has 0 spiro atoms. The third kappa shape index (κ3) is 2.40. The number of nitrogens with one attached hydrogen (secondary N) is 1. The Morgan fingerprint density at radius 2 is 1.81 bits per heavy atom. The summed E-state index contributed by atoms with van der Waals surface area (Å²) in [5.74, 6) is -2.10. The van der Waals surface area contributed by atoms with Crippen LogP contribution in [0, 0.1) is 0 Å². The van der Waals surface area contributed by atoms with Crippen LogP contribution in [0.5, 0.6) is 0 Å². The lowest BCUT2D eigenvalue weighted by Gasteiger charge is -2.27. The van der Waals surface area contributed by atoms with Crippen LogP contribution in [0.2, 0.25) is 0 Å². The highest BCUT2D eigenvalue weighted by Gasteiger charge is 2.44. The quantitative estimate of drug-likeness (QED) is 0.616. The summed E-state index contributed by atoms with van der Waals surface area (Å²) in [7, 11) is 0. The van der Waals surface area contributed by atoms with Gasteiger partial charge in [-0.1, -0.05) is 0 Å². The second kappa shape index (κ2) is 6.05. The van der Waals surface area contributed by atoms with Gasteiger partial charge in [0.1, 0.15) is 12.3 Å². The molecule has 1 N–H and O–H groups in total. The topological polar surface area (TPSA) is 104 Å². The van der Waals surface area contributed by atoms with E-state index in [1.807, 2.05) is 4.90 Å². The Morgan fingerprint density at radius 1 is 1.04 bits per heavy atom. The van der Waals surface area contributed by atoms with Gasteiger partial charge in [0.05, 0.1) is 17.2 Å². The molecule has 4 amide bonds. The molecular weight excluding hydrogens is 338 g/mol. The Kier molecular flexibility index (Phi) is 3.82. The fourth-order valence-electron chi connectivity index (χ4n) is 3.89. The van der Waals surface area contributed by atoms with Crippen molar-refractivity contribution in [2.45, 2.75) is 37.8 Å². The van der Waals surface area contributed by atoms with Crippen molar-refractivity contribution in [3.8, 4) is 0 Å². The first-order valence-corrected chi connectivity index (χ1v) is 8.59. The summed E-state index contributed by atoms with van der Waals surface area (Å²) in [6, 6.07) is 3.70. The van der Waals surface area contributed by atoms with Gasteiger partial charge in [-0.05, 0) is 37.5 Å². The molecule has 0 bridgehead atoms. The lowest BCUT2D eigenvalue weighted by atomic mass is 10.0. The predicted molar refractivity (Wildman–Crippen MR) is 89.5 cm³/mol. The van der Waals surface area contributed by atoms with E-state index in [9.17, 15) is 24.0 Å². The molecule has 8 heteroatoms. The Balaban J connectivity index is 1.65. The lowest BCUT2D eigenvalue weighted by molar-refractivity contribution is -0.136. The third-order valence-electron chi connectivity index (χ3n) is 5.21. The highest BCUT2D eigenvalue weighted by Crippen LogP contribution is 2.32. The molecule has 134 valence electrons. The molecule has 1 aromatic rings. The summed E-state index contributed by atoms with van der Waals surface area (Å²) in [5.41, 5.74) is 1.18. The predicted octanol–water partition coefficient (Wildman–Crippen LogP) is 0.255. The fourth-order valence-corrected chi connectivity index (χ4v) is 3.89. The number of benzene rings is 1. The van der Waals surface area contributed by atoms with E-state index in [1.54, 1.807) is 18.2 Å². The van der Waals surface area contributed by atoms with Gasteiger partial charge in [-0.25, -0.2) is 0 Å². The fraction of sp³-hybridized carbons (Fsp3) is 0.389. The van der Waals surface area contributed by atoms with Gasteiger partial charge in [-0.2, -0.15) is 0 Å². The molecule has 2 fully saturated rings. The van der Waals surface area contributed by atoms with Crippen LogP contribution in [0.25, 0.3) is 0 Å². The molecular formula is C18H17N3O5. The highest BCUT2D eigenvalue weighted by molar-refractivity contribution is 6.23. The molecule has 4 rings (SSSR count). The minimum absolute atomic E-state index is 0.0872. The number of nitrogens with zero attached hydrogens (tertiary/aromatic N) is 2. The molecule has 1 unspecified atom stereocenters. The van der Waals surface area contributed by atoms with E-state index in [2.05, 4.69) is 5.32 Å². The highest BCUT2D eigenvalue weighted by atomic mass is 16.2. The molecule has 2 saturated heterocycles. The van der Waals surface area contributed by atoms with E-state index < -0.39 is 29.7 Å². The second-order valence-corrected chi connectivity index (χ2v) is 6.72. The molecule has 8 nitrogen and oxygen atoms in total. The van der Waals surface area contributed by atoms with Gasteiger partial charge in [-0.15, -0.1) is 0 Å².